The summed E-state index contributed by atoms with van der Waals surface area (Å²) in [4.78, 5) is 0. The lowest BCUT2D eigenvalue weighted by atomic mass is 9.74. The fourth-order valence-corrected chi connectivity index (χ4v) is 2.49. The third kappa shape index (κ3) is 2.06. The van der Waals surface area contributed by atoms with Gasteiger partial charge >= 0.3 is 0 Å². The van der Waals surface area contributed by atoms with Crippen LogP contribution in [0, 0.1) is 19.7 Å². The third-order valence-electron chi connectivity index (χ3n) is 3.68. The number of rotatable bonds is 1. The molecule has 1 aliphatic carbocycles. The van der Waals surface area contributed by atoms with Crippen molar-refractivity contribution >= 4 is 0 Å². The van der Waals surface area contributed by atoms with Crippen molar-refractivity contribution in [2.75, 3.05) is 0 Å². The quantitative estimate of drug-likeness (QED) is 0.661. The first kappa shape index (κ1) is 12.1. The van der Waals surface area contributed by atoms with E-state index >= 15 is 0 Å². The second-order valence-corrected chi connectivity index (χ2v) is 5.29. The Morgan fingerprint density at radius 2 is 1.76 bits per heavy atom. The second kappa shape index (κ2) is 4.14. The molecule has 0 amide bonds. The minimum atomic E-state index is -0.209. The van der Waals surface area contributed by atoms with Crippen LogP contribution in [0.3, 0.4) is 0 Å². The van der Waals surface area contributed by atoms with Crippen molar-refractivity contribution in [2.45, 2.75) is 39.5 Å². The molecular weight excluding hydrogens is 211 g/mol. The summed E-state index contributed by atoms with van der Waals surface area (Å²) in [6.07, 6.45) is 7.27. The number of hydrogen-bond donors (Lipinski definition) is 0. The van der Waals surface area contributed by atoms with Crippen LogP contribution in [0.4, 0.5) is 4.39 Å². The molecule has 0 saturated heterocycles. The Bertz CT molecular complexity index is 509. The molecule has 0 saturated carbocycles. The summed E-state index contributed by atoms with van der Waals surface area (Å²) in [6, 6.07) is 3.86. The van der Waals surface area contributed by atoms with Crippen molar-refractivity contribution in [1.29, 1.82) is 0 Å². The van der Waals surface area contributed by atoms with Gasteiger partial charge in [-0.1, -0.05) is 42.9 Å². The molecule has 0 heterocycles. The zero-order valence-corrected chi connectivity index (χ0v) is 11.0. The summed E-state index contributed by atoms with van der Waals surface area (Å²) >= 11 is 0. The van der Waals surface area contributed by atoms with Crippen molar-refractivity contribution in [3.63, 3.8) is 0 Å². The van der Waals surface area contributed by atoms with Gasteiger partial charge in [-0.3, -0.25) is 0 Å². The summed E-state index contributed by atoms with van der Waals surface area (Å²) in [7, 11) is 0. The average Bonchev–Trinajstić information content (AvgIpc) is 2.29. The van der Waals surface area contributed by atoms with E-state index in [1.54, 1.807) is 0 Å². The largest absolute Gasteiger partial charge is 0.206 e. The van der Waals surface area contributed by atoms with Crippen LogP contribution >= 0.6 is 0 Å². The maximum atomic E-state index is 14.3. The van der Waals surface area contributed by atoms with Crippen LogP contribution in [0.5, 0.6) is 0 Å². The van der Waals surface area contributed by atoms with Crippen LogP contribution in [0.2, 0.25) is 0 Å². The SMILES string of the molecule is CC1=CCC(C)(c2c(C)ccc(C)c2F)C=C1. The van der Waals surface area contributed by atoms with Crippen molar-refractivity contribution in [2.24, 2.45) is 0 Å². The molecule has 1 atom stereocenters. The van der Waals surface area contributed by atoms with Gasteiger partial charge in [0.2, 0.25) is 0 Å². The molecule has 1 aromatic carbocycles. The molecule has 1 aromatic rings. The Kier molecular flexibility index (Phi) is 2.94. The Balaban J connectivity index is 2.55. The summed E-state index contributed by atoms with van der Waals surface area (Å²) in [5, 5.41) is 0. The predicted molar refractivity (Wildman–Crippen MR) is 70.7 cm³/mol. The molecular formula is C16H19F. The normalized spacial score (nSPS) is 23.7. The minimum absolute atomic E-state index is 0.0508. The molecule has 0 spiro atoms. The zero-order chi connectivity index (χ0) is 12.6. The van der Waals surface area contributed by atoms with Crippen molar-refractivity contribution in [3.8, 4) is 0 Å². The maximum Gasteiger partial charge on any atom is 0.130 e. The lowest BCUT2D eigenvalue weighted by Gasteiger charge is -2.30. The summed E-state index contributed by atoms with van der Waals surface area (Å²) in [6.45, 7) is 8.00. The van der Waals surface area contributed by atoms with Gasteiger partial charge in [0.25, 0.3) is 0 Å². The van der Waals surface area contributed by atoms with Crippen LogP contribution in [-0.2, 0) is 5.41 Å². The first-order valence-electron chi connectivity index (χ1n) is 6.06. The Morgan fingerprint density at radius 3 is 2.35 bits per heavy atom. The Labute approximate surface area is 103 Å². The van der Waals surface area contributed by atoms with E-state index in [0.29, 0.717) is 0 Å². The summed E-state index contributed by atoms with van der Waals surface area (Å²) in [5.41, 5.74) is 3.66. The average molecular weight is 230 g/mol. The van der Waals surface area contributed by atoms with Crippen LogP contribution in [0.15, 0.2) is 35.9 Å². The van der Waals surface area contributed by atoms with Gasteiger partial charge in [0.15, 0.2) is 0 Å². The van der Waals surface area contributed by atoms with E-state index in [2.05, 4.69) is 32.1 Å². The molecule has 17 heavy (non-hydrogen) atoms. The van der Waals surface area contributed by atoms with Crippen LogP contribution < -0.4 is 0 Å². The van der Waals surface area contributed by atoms with Gasteiger partial charge in [-0.05, 0) is 38.3 Å². The van der Waals surface area contributed by atoms with Crippen molar-refractivity contribution < 1.29 is 4.39 Å². The number of aryl methyl sites for hydroxylation is 2. The van der Waals surface area contributed by atoms with Crippen molar-refractivity contribution in [3.05, 3.63) is 58.4 Å². The van der Waals surface area contributed by atoms with E-state index in [-0.39, 0.29) is 11.2 Å². The third-order valence-corrected chi connectivity index (χ3v) is 3.68. The summed E-state index contributed by atoms with van der Waals surface area (Å²) < 4.78 is 14.3. The van der Waals surface area contributed by atoms with Crippen LogP contribution in [-0.4, -0.2) is 0 Å². The second-order valence-electron chi connectivity index (χ2n) is 5.29. The fraction of sp³-hybridized carbons (Fsp3) is 0.375. The molecule has 1 heteroatoms. The highest BCUT2D eigenvalue weighted by Crippen LogP contribution is 2.37. The molecule has 0 aromatic heterocycles. The van der Waals surface area contributed by atoms with Gasteiger partial charge < -0.3 is 0 Å². The van der Waals surface area contributed by atoms with E-state index in [0.717, 1.165) is 23.1 Å². The van der Waals surface area contributed by atoms with Gasteiger partial charge in [0.05, 0.1) is 0 Å². The van der Waals surface area contributed by atoms with Crippen LogP contribution in [0.1, 0.15) is 37.0 Å². The van der Waals surface area contributed by atoms with Crippen molar-refractivity contribution in [1.82, 2.24) is 0 Å². The molecule has 0 N–H and O–H groups in total. The van der Waals surface area contributed by atoms with Gasteiger partial charge in [-0.25, -0.2) is 4.39 Å². The molecule has 90 valence electrons. The molecule has 2 rings (SSSR count). The van der Waals surface area contributed by atoms with Gasteiger partial charge in [0.1, 0.15) is 5.82 Å². The lowest BCUT2D eigenvalue weighted by molar-refractivity contribution is 0.520. The topological polar surface area (TPSA) is 0 Å². The molecule has 0 radical (unpaired) electrons. The molecule has 0 aliphatic heterocycles. The number of allylic oxidation sites excluding steroid dienone is 4. The highest BCUT2D eigenvalue weighted by Gasteiger charge is 2.29. The van der Waals surface area contributed by atoms with E-state index < -0.39 is 0 Å². The highest BCUT2D eigenvalue weighted by molar-refractivity contribution is 5.44. The number of halogens is 1. The summed E-state index contributed by atoms with van der Waals surface area (Å²) in [5.74, 6) is -0.0508. The molecule has 1 aliphatic rings. The van der Waals surface area contributed by atoms with E-state index in [4.69, 9.17) is 0 Å². The van der Waals surface area contributed by atoms with Gasteiger partial charge in [0, 0.05) is 11.0 Å². The fourth-order valence-electron chi connectivity index (χ4n) is 2.49. The smallest absolute Gasteiger partial charge is 0.130 e. The molecule has 0 fully saturated rings. The molecule has 0 bridgehead atoms. The lowest BCUT2D eigenvalue weighted by Crippen LogP contribution is -2.23. The number of hydrogen-bond acceptors (Lipinski definition) is 0. The minimum Gasteiger partial charge on any atom is -0.206 e. The first-order chi connectivity index (χ1) is 7.94. The Hall–Kier alpha value is -1.37. The van der Waals surface area contributed by atoms with E-state index in [9.17, 15) is 4.39 Å². The van der Waals surface area contributed by atoms with Gasteiger partial charge in [-0.2, -0.15) is 0 Å². The standard InChI is InChI=1S/C16H19F/c1-11-7-9-16(4,10-8-11)14-12(2)5-6-13(3)15(14)17/h5-9H,10H2,1-4H3. The Morgan fingerprint density at radius 1 is 1.12 bits per heavy atom. The molecule has 0 nitrogen and oxygen atoms in total. The maximum absolute atomic E-state index is 14.3. The van der Waals surface area contributed by atoms with E-state index in [1.165, 1.54) is 5.57 Å². The highest BCUT2D eigenvalue weighted by atomic mass is 19.1. The zero-order valence-electron chi connectivity index (χ0n) is 11.0. The monoisotopic (exact) mass is 230 g/mol. The van der Waals surface area contributed by atoms with E-state index in [1.807, 2.05) is 26.0 Å². The first-order valence-corrected chi connectivity index (χ1v) is 6.06. The molecule has 1 unspecified atom stereocenters. The van der Waals surface area contributed by atoms with Crippen LogP contribution in [0.25, 0.3) is 0 Å². The van der Waals surface area contributed by atoms with Gasteiger partial charge in [-0.15, -0.1) is 0 Å². The number of benzene rings is 1. The predicted octanol–water partition coefficient (Wildman–Crippen LogP) is 4.61.